The third-order valence-electron chi connectivity index (χ3n) is 1.88. The van der Waals surface area contributed by atoms with Crippen molar-refractivity contribution in [2.24, 2.45) is 0 Å². The number of hydrogen-bond donors (Lipinski definition) is 2. The number of halogens is 1. The molecule has 0 saturated heterocycles. The molecule has 0 amide bonds. The van der Waals surface area contributed by atoms with Gasteiger partial charge in [-0.05, 0) is 32.1 Å². The van der Waals surface area contributed by atoms with Crippen LogP contribution in [0.15, 0.2) is 24.3 Å². The Bertz CT molecular complexity index is 321. The molecule has 0 bridgehead atoms. The molecule has 76 valence electrons. The minimum absolute atomic E-state index is 0.272. The van der Waals surface area contributed by atoms with E-state index < -0.39 is 0 Å². The normalized spacial score (nSPS) is 11.0. The molecule has 0 atom stereocenters. The zero-order valence-electron chi connectivity index (χ0n) is 8.26. The van der Waals surface area contributed by atoms with E-state index in [4.69, 9.17) is 5.73 Å². The van der Waals surface area contributed by atoms with Crippen molar-refractivity contribution in [2.75, 3.05) is 19.3 Å². The molecule has 0 heterocycles. The number of hydrogen-bond acceptors (Lipinski definition) is 2. The van der Waals surface area contributed by atoms with Crippen LogP contribution in [0.1, 0.15) is 12.0 Å². The lowest BCUT2D eigenvalue weighted by Gasteiger charge is -1.98. The van der Waals surface area contributed by atoms with Gasteiger partial charge in [0, 0.05) is 11.3 Å². The van der Waals surface area contributed by atoms with Crippen molar-refractivity contribution in [2.45, 2.75) is 6.42 Å². The Kier molecular flexibility index (Phi) is 4.13. The molecule has 0 aromatic heterocycles. The second-order valence-corrected chi connectivity index (χ2v) is 3.08. The topological polar surface area (TPSA) is 38.0 Å². The summed E-state index contributed by atoms with van der Waals surface area (Å²) in [5.41, 5.74) is 6.46. The van der Waals surface area contributed by atoms with Crippen LogP contribution < -0.4 is 11.1 Å². The van der Waals surface area contributed by atoms with Gasteiger partial charge in [-0.3, -0.25) is 0 Å². The zero-order chi connectivity index (χ0) is 10.4. The van der Waals surface area contributed by atoms with Gasteiger partial charge in [0.15, 0.2) is 0 Å². The second kappa shape index (κ2) is 5.40. The lowest BCUT2D eigenvalue weighted by atomic mass is 10.1. The Morgan fingerprint density at radius 2 is 2.29 bits per heavy atom. The van der Waals surface area contributed by atoms with Gasteiger partial charge in [0.1, 0.15) is 5.82 Å². The second-order valence-electron chi connectivity index (χ2n) is 3.08. The summed E-state index contributed by atoms with van der Waals surface area (Å²) in [4.78, 5) is 0. The maximum atomic E-state index is 13.2. The molecule has 0 aliphatic rings. The molecule has 0 saturated carbocycles. The summed E-state index contributed by atoms with van der Waals surface area (Å²) in [6, 6.07) is 4.71. The summed E-state index contributed by atoms with van der Waals surface area (Å²) in [6.07, 6.45) is 4.59. The van der Waals surface area contributed by atoms with E-state index in [0.717, 1.165) is 13.0 Å². The highest BCUT2D eigenvalue weighted by Crippen LogP contribution is 2.13. The monoisotopic (exact) mass is 194 g/mol. The Hall–Kier alpha value is -1.35. The van der Waals surface area contributed by atoms with Gasteiger partial charge in [0.25, 0.3) is 0 Å². The Morgan fingerprint density at radius 1 is 1.50 bits per heavy atom. The largest absolute Gasteiger partial charge is 0.399 e. The van der Waals surface area contributed by atoms with Crippen molar-refractivity contribution < 1.29 is 4.39 Å². The molecular formula is C11H15FN2. The fraction of sp³-hybridized carbons (Fsp3) is 0.273. The molecule has 0 aliphatic heterocycles. The fourth-order valence-electron chi connectivity index (χ4n) is 1.12. The number of nitrogens with two attached hydrogens (primary N) is 1. The van der Waals surface area contributed by atoms with Crippen LogP contribution in [0.2, 0.25) is 0 Å². The zero-order valence-corrected chi connectivity index (χ0v) is 8.26. The number of rotatable bonds is 4. The molecule has 0 fully saturated rings. The smallest absolute Gasteiger partial charge is 0.132 e. The van der Waals surface area contributed by atoms with Gasteiger partial charge in [0.05, 0.1) is 0 Å². The van der Waals surface area contributed by atoms with E-state index in [1.54, 1.807) is 18.2 Å². The van der Waals surface area contributed by atoms with Gasteiger partial charge < -0.3 is 11.1 Å². The van der Waals surface area contributed by atoms with E-state index in [1.165, 1.54) is 6.07 Å². The Labute approximate surface area is 83.6 Å². The van der Waals surface area contributed by atoms with Gasteiger partial charge in [-0.25, -0.2) is 4.39 Å². The SMILES string of the molecule is CNCCC=Cc1ccc(N)cc1F. The number of nitrogens with one attached hydrogen (secondary N) is 1. The van der Waals surface area contributed by atoms with Crippen molar-refractivity contribution in [1.29, 1.82) is 0 Å². The predicted octanol–water partition coefficient (Wildman–Crippen LogP) is 2.03. The van der Waals surface area contributed by atoms with Gasteiger partial charge in [-0.2, -0.15) is 0 Å². The third-order valence-corrected chi connectivity index (χ3v) is 1.88. The predicted molar refractivity (Wildman–Crippen MR) is 58.4 cm³/mol. The van der Waals surface area contributed by atoms with E-state index in [9.17, 15) is 4.39 Å². The standard InChI is InChI=1S/C11H15FN2/c1-14-7-3-2-4-9-5-6-10(13)8-11(9)12/h2,4-6,8,14H,3,7,13H2,1H3. The fourth-order valence-corrected chi connectivity index (χ4v) is 1.12. The van der Waals surface area contributed by atoms with Gasteiger partial charge in [-0.15, -0.1) is 0 Å². The molecule has 0 radical (unpaired) electrons. The highest BCUT2D eigenvalue weighted by Gasteiger charge is 1.97. The third kappa shape index (κ3) is 3.18. The van der Waals surface area contributed by atoms with Gasteiger partial charge >= 0.3 is 0 Å². The van der Waals surface area contributed by atoms with Crippen molar-refractivity contribution in [3.05, 3.63) is 35.7 Å². The molecule has 0 aliphatic carbocycles. The summed E-state index contributed by atoms with van der Waals surface area (Å²) >= 11 is 0. The van der Waals surface area contributed by atoms with Crippen LogP contribution in [0.5, 0.6) is 0 Å². The minimum Gasteiger partial charge on any atom is -0.399 e. The molecule has 1 aromatic carbocycles. The Balaban J connectivity index is 2.62. The lowest BCUT2D eigenvalue weighted by Crippen LogP contribution is -2.05. The molecular weight excluding hydrogens is 179 g/mol. The van der Waals surface area contributed by atoms with Crippen molar-refractivity contribution >= 4 is 11.8 Å². The van der Waals surface area contributed by atoms with E-state index in [0.29, 0.717) is 11.3 Å². The van der Waals surface area contributed by atoms with Crippen molar-refractivity contribution in [3.8, 4) is 0 Å². The summed E-state index contributed by atoms with van der Waals surface area (Å²) < 4.78 is 13.2. The van der Waals surface area contributed by atoms with E-state index >= 15 is 0 Å². The lowest BCUT2D eigenvalue weighted by molar-refractivity contribution is 0.625. The average Bonchev–Trinajstić information content (AvgIpc) is 2.15. The molecule has 14 heavy (non-hydrogen) atoms. The quantitative estimate of drug-likeness (QED) is 0.568. The van der Waals surface area contributed by atoms with Crippen LogP contribution >= 0.6 is 0 Å². The molecule has 3 heteroatoms. The highest BCUT2D eigenvalue weighted by atomic mass is 19.1. The van der Waals surface area contributed by atoms with Gasteiger partial charge in [-0.1, -0.05) is 18.2 Å². The van der Waals surface area contributed by atoms with E-state index in [2.05, 4.69) is 5.32 Å². The molecule has 3 N–H and O–H groups in total. The summed E-state index contributed by atoms with van der Waals surface area (Å²) in [5, 5.41) is 3.01. The molecule has 1 aromatic rings. The number of benzene rings is 1. The van der Waals surface area contributed by atoms with E-state index in [-0.39, 0.29) is 5.82 Å². The molecule has 0 spiro atoms. The number of anilines is 1. The summed E-state index contributed by atoms with van der Waals surface area (Å²) in [6.45, 7) is 0.896. The summed E-state index contributed by atoms with van der Waals surface area (Å²) in [7, 11) is 1.89. The van der Waals surface area contributed by atoms with Crippen LogP contribution in [0.25, 0.3) is 6.08 Å². The minimum atomic E-state index is -0.272. The van der Waals surface area contributed by atoms with Crippen LogP contribution in [-0.2, 0) is 0 Å². The van der Waals surface area contributed by atoms with Crippen LogP contribution in [0.3, 0.4) is 0 Å². The first kappa shape index (κ1) is 10.7. The first-order chi connectivity index (χ1) is 6.74. The van der Waals surface area contributed by atoms with E-state index in [1.807, 2.05) is 13.1 Å². The average molecular weight is 194 g/mol. The maximum absolute atomic E-state index is 13.2. The van der Waals surface area contributed by atoms with Crippen molar-refractivity contribution in [1.82, 2.24) is 5.32 Å². The molecule has 0 unspecified atom stereocenters. The van der Waals surface area contributed by atoms with Crippen molar-refractivity contribution in [3.63, 3.8) is 0 Å². The highest BCUT2D eigenvalue weighted by molar-refractivity contribution is 5.54. The first-order valence-corrected chi connectivity index (χ1v) is 4.60. The van der Waals surface area contributed by atoms with Crippen LogP contribution in [0, 0.1) is 5.82 Å². The number of nitrogen functional groups attached to an aromatic ring is 1. The first-order valence-electron chi connectivity index (χ1n) is 4.60. The molecule has 1 rings (SSSR count). The maximum Gasteiger partial charge on any atom is 0.132 e. The summed E-state index contributed by atoms with van der Waals surface area (Å²) in [5.74, 6) is -0.272. The molecule has 2 nitrogen and oxygen atoms in total. The van der Waals surface area contributed by atoms with Crippen LogP contribution in [0.4, 0.5) is 10.1 Å². The van der Waals surface area contributed by atoms with Gasteiger partial charge in [0.2, 0.25) is 0 Å². The Morgan fingerprint density at radius 3 is 2.93 bits per heavy atom. The van der Waals surface area contributed by atoms with Crippen LogP contribution in [-0.4, -0.2) is 13.6 Å².